The van der Waals surface area contributed by atoms with Gasteiger partial charge < -0.3 is 15.7 Å². The quantitative estimate of drug-likeness (QED) is 0.743. The van der Waals surface area contributed by atoms with E-state index in [1.807, 2.05) is 12.1 Å². The Kier molecular flexibility index (Phi) is 5.87. The molecule has 1 aromatic rings. The fourth-order valence-corrected chi connectivity index (χ4v) is 2.60. The van der Waals surface area contributed by atoms with Crippen molar-refractivity contribution in [1.82, 2.24) is 10.6 Å². The average molecular weight is 276 g/mol. The maximum Gasteiger partial charge on any atom is 0.220 e. The normalized spacial score (nSPS) is 18.7. The zero-order chi connectivity index (χ0) is 14.2. The summed E-state index contributed by atoms with van der Waals surface area (Å²) in [5, 5.41) is 15.5. The van der Waals surface area contributed by atoms with Crippen LogP contribution in [0.4, 0.5) is 0 Å². The van der Waals surface area contributed by atoms with Crippen LogP contribution in [0.15, 0.2) is 24.3 Å². The molecule has 0 radical (unpaired) electrons. The van der Waals surface area contributed by atoms with Crippen LogP contribution < -0.4 is 10.6 Å². The van der Waals surface area contributed by atoms with E-state index >= 15 is 0 Å². The van der Waals surface area contributed by atoms with E-state index in [4.69, 9.17) is 0 Å². The van der Waals surface area contributed by atoms with Gasteiger partial charge in [0.25, 0.3) is 0 Å². The summed E-state index contributed by atoms with van der Waals surface area (Å²) >= 11 is 0. The lowest BCUT2D eigenvalue weighted by molar-refractivity contribution is -0.121. The van der Waals surface area contributed by atoms with Crippen LogP contribution in [0.5, 0.6) is 5.75 Å². The molecule has 3 N–H and O–H groups in total. The number of benzene rings is 1. The summed E-state index contributed by atoms with van der Waals surface area (Å²) in [5.41, 5.74) is 1.12. The van der Waals surface area contributed by atoms with Crippen LogP contribution >= 0.6 is 0 Å². The number of nitrogens with one attached hydrogen (secondary N) is 2. The lowest BCUT2D eigenvalue weighted by Gasteiger charge is -2.22. The third kappa shape index (κ3) is 5.21. The third-order valence-electron chi connectivity index (χ3n) is 3.85. The second-order valence-electron chi connectivity index (χ2n) is 5.52. The van der Waals surface area contributed by atoms with Crippen LogP contribution in [-0.2, 0) is 11.2 Å². The molecule has 0 saturated carbocycles. The molecule has 4 nitrogen and oxygen atoms in total. The minimum atomic E-state index is 0.148. The lowest BCUT2D eigenvalue weighted by Crippen LogP contribution is -2.31. The maximum absolute atomic E-state index is 11.8. The summed E-state index contributed by atoms with van der Waals surface area (Å²) in [7, 11) is 0. The topological polar surface area (TPSA) is 61.4 Å². The molecule has 4 heteroatoms. The van der Waals surface area contributed by atoms with E-state index in [-0.39, 0.29) is 11.7 Å². The molecule has 20 heavy (non-hydrogen) atoms. The van der Waals surface area contributed by atoms with E-state index in [1.165, 1.54) is 12.8 Å². The van der Waals surface area contributed by atoms with Gasteiger partial charge >= 0.3 is 0 Å². The zero-order valence-corrected chi connectivity index (χ0v) is 11.9. The van der Waals surface area contributed by atoms with E-state index in [9.17, 15) is 9.90 Å². The second kappa shape index (κ2) is 7.90. The minimum absolute atomic E-state index is 0.148. The van der Waals surface area contributed by atoms with Gasteiger partial charge in [-0.15, -0.1) is 0 Å². The lowest BCUT2D eigenvalue weighted by atomic mass is 9.94. The Balaban J connectivity index is 1.58. The fraction of sp³-hybridized carbons (Fsp3) is 0.562. The Morgan fingerprint density at radius 3 is 2.85 bits per heavy atom. The molecule has 1 aromatic carbocycles. The summed E-state index contributed by atoms with van der Waals surface area (Å²) < 4.78 is 0. The molecule has 0 bridgehead atoms. The highest BCUT2D eigenvalue weighted by molar-refractivity contribution is 5.75. The molecule has 1 saturated heterocycles. The van der Waals surface area contributed by atoms with E-state index in [2.05, 4.69) is 10.6 Å². The predicted octanol–water partition coefficient (Wildman–Crippen LogP) is 1.83. The van der Waals surface area contributed by atoms with Gasteiger partial charge in [0.05, 0.1) is 0 Å². The number of piperidine rings is 1. The molecular weight excluding hydrogens is 252 g/mol. The molecule has 1 heterocycles. The smallest absolute Gasteiger partial charge is 0.220 e. The van der Waals surface area contributed by atoms with Crippen molar-refractivity contribution in [2.24, 2.45) is 5.92 Å². The zero-order valence-electron chi connectivity index (χ0n) is 11.9. The molecule has 110 valence electrons. The SMILES string of the molecule is O=C(CCC1CCCNC1)NCCc1ccc(O)cc1. The van der Waals surface area contributed by atoms with Crippen LogP contribution in [0.1, 0.15) is 31.2 Å². The number of carbonyl (C=O) groups is 1. The van der Waals surface area contributed by atoms with Crippen molar-refractivity contribution in [3.63, 3.8) is 0 Å². The first-order chi connectivity index (χ1) is 9.74. The Bertz CT molecular complexity index is 411. The fourth-order valence-electron chi connectivity index (χ4n) is 2.60. The molecule has 1 fully saturated rings. The van der Waals surface area contributed by atoms with Crippen LogP contribution in [0, 0.1) is 5.92 Å². The first-order valence-corrected chi connectivity index (χ1v) is 7.49. The minimum Gasteiger partial charge on any atom is -0.508 e. The van der Waals surface area contributed by atoms with Crippen molar-refractivity contribution in [3.8, 4) is 5.75 Å². The summed E-state index contributed by atoms with van der Waals surface area (Å²) in [4.78, 5) is 11.8. The Morgan fingerprint density at radius 1 is 1.35 bits per heavy atom. The maximum atomic E-state index is 11.8. The van der Waals surface area contributed by atoms with Crippen molar-refractivity contribution in [1.29, 1.82) is 0 Å². The molecule has 1 unspecified atom stereocenters. The summed E-state index contributed by atoms with van der Waals surface area (Å²) in [5.74, 6) is 1.08. The van der Waals surface area contributed by atoms with E-state index < -0.39 is 0 Å². The highest BCUT2D eigenvalue weighted by Crippen LogP contribution is 2.15. The number of hydrogen-bond donors (Lipinski definition) is 3. The molecule has 1 aliphatic heterocycles. The molecule has 0 aliphatic carbocycles. The summed E-state index contributed by atoms with van der Waals surface area (Å²) in [6.07, 6.45) is 4.89. The van der Waals surface area contributed by atoms with Crippen LogP contribution in [-0.4, -0.2) is 30.6 Å². The second-order valence-corrected chi connectivity index (χ2v) is 5.52. The van der Waals surface area contributed by atoms with Crippen molar-refractivity contribution in [2.75, 3.05) is 19.6 Å². The van der Waals surface area contributed by atoms with Gasteiger partial charge in [-0.3, -0.25) is 4.79 Å². The number of hydrogen-bond acceptors (Lipinski definition) is 3. The Morgan fingerprint density at radius 2 is 2.15 bits per heavy atom. The monoisotopic (exact) mass is 276 g/mol. The number of phenols is 1. The van der Waals surface area contributed by atoms with Crippen molar-refractivity contribution >= 4 is 5.91 Å². The molecule has 0 spiro atoms. The van der Waals surface area contributed by atoms with Crippen molar-refractivity contribution in [2.45, 2.75) is 32.1 Å². The van der Waals surface area contributed by atoms with Gasteiger partial charge in [-0.25, -0.2) is 0 Å². The van der Waals surface area contributed by atoms with Crippen LogP contribution in [0.2, 0.25) is 0 Å². The number of carbonyl (C=O) groups excluding carboxylic acids is 1. The molecule has 1 amide bonds. The van der Waals surface area contributed by atoms with E-state index in [0.717, 1.165) is 31.5 Å². The van der Waals surface area contributed by atoms with Gasteiger partial charge in [0, 0.05) is 13.0 Å². The number of phenolic OH excluding ortho intramolecular Hbond substituents is 1. The van der Waals surface area contributed by atoms with Gasteiger partial charge in [0.2, 0.25) is 5.91 Å². The first-order valence-electron chi connectivity index (χ1n) is 7.49. The Labute approximate surface area is 120 Å². The number of aromatic hydroxyl groups is 1. The largest absolute Gasteiger partial charge is 0.508 e. The Hall–Kier alpha value is -1.55. The average Bonchev–Trinajstić information content (AvgIpc) is 2.48. The highest BCUT2D eigenvalue weighted by Gasteiger charge is 2.14. The van der Waals surface area contributed by atoms with Gasteiger partial charge in [0.1, 0.15) is 5.75 Å². The number of rotatable bonds is 6. The van der Waals surface area contributed by atoms with Crippen LogP contribution in [0.3, 0.4) is 0 Å². The summed E-state index contributed by atoms with van der Waals surface area (Å²) in [6.45, 7) is 2.84. The van der Waals surface area contributed by atoms with Gasteiger partial charge in [-0.05, 0) is 62.4 Å². The number of amides is 1. The molecular formula is C16H24N2O2. The van der Waals surface area contributed by atoms with Gasteiger partial charge in [0.15, 0.2) is 0 Å². The molecule has 0 aromatic heterocycles. The predicted molar refractivity (Wildman–Crippen MR) is 79.6 cm³/mol. The van der Waals surface area contributed by atoms with E-state index in [0.29, 0.717) is 18.9 Å². The standard InChI is InChI=1S/C16H24N2O2/c19-15-6-3-13(4-7-15)9-11-18-16(20)8-5-14-2-1-10-17-12-14/h3-4,6-7,14,17,19H,1-2,5,8-12H2,(H,18,20). The van der Waals surface area contributed by atoms with Crippen LogP contribution in [0.25, 0.3) is 0 Å². The van der Waals surface area contributed by atoms with Gasteiger partial charge in [-0.1, -0.05) is 12.1 Å². The molecule has 1 atom stereocenters. The van der Waals surface area contributed by atoms with E-state index in [1.54, 1.807) is 12.1 Å². The van der Waals surface area contributed by atoms with Gasteiger partial charge in [-0.2, -0.15) is 0 Å². The molecule has 2 rings (SSSR count). The third-order valence-corrected chi connectivity index (χ3v) is 3.85. The molecule has 1 aliphatic rings. The highest BCUT2D eigenvalue weighted by atomic mass is 16.3. The van der Waals surface area contributed by atoms with Crippen molar-refractivity contribution in [3.05, 3.63) is 29.8 Å². The first kappa shape index (κ1) is 14.9. The summed E-state index contributed by atoms with van der Waals surface area (Å²) in [6, 6.07) is 7.12. The van der Waals surface area contributed by atoms with Crippen molar-refractivity contribution < 1.29 is 9.90 Å².